The summed E-state index contributed by atoms with van der Waals surface area (Å²) in [5.74, 6) is -0.851. The van der Waals surface area contributed by atoms with Crippen LogP contribution >= 0.6 is 0 Å². The fraction of sp³-hybridized carbons (Fsp3) is 0.789. The van der Waals surface area contributed by atoms with Gasteiger partial charge in [-0.1, -0.05) is 325 Å². The Morgan fingerprint density at radius 1 is 0.273 bits per heavy atom. The maximum atomic E-state index is 12.9. The van der Waals surface area contributed by atoms with Crippen molar-refractivity contribution >= 4 is 17.9 Å². The number of hydrogen-bond donors (Lipinski definition) is 0. The van der Waals surface area contributed by atoms with Crippen LogP contribution < -0.4 is 0 Å². The normalized spacial score (nSPS) is 12.5. The fourth-order valence-electron chi connectivity index (χ4n) is 9.74. The lowest BCUT2D eigenvalue weighted by atomic mass is 10.0. The molecule has 6 heteroatoms. The molecule has 0 aromatic rings. The Balaban J connectivity index is 4.11. The number of unbranched alkanes of at least 4 members (excludes halogenated alkanes) is 38. The lowest BCUT2D eigenvalue weighted by Gasteiger charge is -2.18. The highest BCUT2D eigenvalue weighted by atomic mass is 16.6. The quantitative estimate of drug-likeness (QED) is 0.0261. The molecule has 0 aromatic carbocycles. The minimum absolute atomic E-state index is 0.0686. The molecule has 77 heavy (non-hydrogen) atoms. The second-order valence-corrected chi connectivity index (χ2v) is 22.4. The van der Waals surface area contributed by atoms with E-state index in [4.69, 9.17) is 14.2 Å². The van der Waals surface area contributed by atoms with Crippen LogP contribution in [-0.2, 0) is 28.6 Å². The van der Waals surface area contributed by atoms with Crippen LogP contribution in [0.5, 0.6) is 0 Å². The average molecular weight is 1080 g/mol. The van der Waals surface area contributed by atoms with Crippen LogP contribution in [0.1, 0.15) is 342 Å². The van der Waals surface area contributed by atoms with E-state index in [0.29, 0.717) is 19.3 Å². The van der Waals surface area contributed by atoms with Gasteiger partial charge in [-0.05, 0) is 70.6 Å². The van der Waals surface area contributed by atoms with Crippen molar-refractivity contribution in [1.82, 2.24) is 0 Å². The monoisotopic (exact) mass is 1070 g/mol. The van der Waals surface area contributed by atoms with Gasteiger partial charge in [-0.3, -0.25) is 14.4 Å². The van der Waals surface area contributed by atoms with E-state index in [0.717, 1.165) is 96.3 Å². The van der Waals surface area contributed by atoms with Crippen molar-refractivity contribution < 1.29 is 28.6 Å². The van der Waals surface area contributed by atoms with Crippen LogP contribution in [0.25, 0.3) is 0 Å². The molecule has 0 spiro atoms. The molecule has 0 aliphatic heterocycles. The second-order valence-electron chi connectivity index (χ2n) is 22.4. The summed E-state index contributed by atoms with van der Waals surface area (Å²) < 4.78 is 16.9. The first-order valence-electron chi connectivity index (χ1n) is 33.4. The zero-order chi connectivity index (χ0) is 55.7. The zero-order valence-corrected chi connectivity index (χ0v) is 51.2. The smallest absolute Gasteiger partial charge is 0.306 e. The third-order valence-electron chi connectivity index (χ3n) is 14.7. The van der Waals surface area contributed by atoms with E-state index in [2.05, 4.69) is 93.7 Å². The number of allylic oxidation sites excluding steroid dienone is 12. The highest BCUT2D eigenvalue weighted by Gasteiger charge is 2.19. The maximum absolute atomic E-state index is 12.9. The lowest BCUT2D eigenvalue weighted by molar-refractivity contribution is -0.167. The highest BCUT2D eigenvalue weighted by molar-refractivity contribution is 5.71. The molecule has 0 aliphatic carbocycles. The van der Waals surface area contributed by atoms with Gasteiger partial charge in [-0.15, -0.1) is 0 Å². The molecule has 0 radical (unpaired) electrons. The molecule has 1 unspecified atom stereocenters. The van der Waals surface area contributed by atoms with Gasteiger partial charge in [0.1, 0.15) is 13.2 Å². The predicted molar refractivity (Wildman–Crippen MR) is 335 cm³/mol. The van der Waals surface area contributed by atoms with Crippen molar-refractivity contribution in [2.45, 2.75) is 348 Å². The van der Waals surface area contributed by atoms with Crippen LogP contribution in [0.15, 0.2) is 72.9 Å². The van der Waals surface area contributed by atoms with E-state index in [1.165, 1.54) is 205 Å². The minimum Gasteiger partial charge on any atom is -0.462 e. The van der Waals surface area contributed by atoms with E-state index in [1.54, 1.807) is 0 Å². The second kappa shape index (κ2) is 65.4. The molecule has 0 rings (SSSR count). The first kappa shape index (κ1) is 73.8. The predicted octanol–water partition coefficient (Wildman–Crippen LogP) is 22.9. The van der Waals surface area contributed by atoms with Crippen molar-refractivity contribution in [3.8, 4) is 0 Å². The molecule has 0 bridgehead atoms. The van der Waals surface area contributed by atoms with Gasteiger partial charge in [0.25, 0.3) is 0 Å². The van der Waals surface area contributed by atoms with Crippen LogP contribution in [0.4, 0.5) is 0 Å². The topological polar surface area (TPSA) is 78.9 Å². The largest absolute Gasteiger partial charge is 0.462 e. The van der Waals surface area contributed by atoms with Crippen molar-refractivity contribution in [3.05, 3.63) is 72.9 Å². The Bertz CT molecular complexity index is 1420. The number of hydrogen-bond acceptors (Lipinski definition) is 6. The first-order valence-corrected chi connectivity index (χ1v) is 33.4. The van der Waals surface area contributed by atoms with Gasteiger partial charge in [0.15, 0.2) is 6.10 Å². The summed E-state index contributed by atoms with van der Waals surface area (Å²) in [7, 11) is 0. The lowest BCUT2D eigenvalue weighted by Crippen LogP contribution is -2.30. The van der Waals surface area contributed by atoms with E-state index < -0.39 is 6.10 Å². The molecule has 0 amide bonds. The summed E-state index contributed by atoms with van der Waals surface area (Å²) in [5.41, 5.74) is 0. The van der Waals surface area contributed by atoms with E-state index in [-0.39, 0.29) is 31.1 Å². The number of carbonyl (C=O) groups is 3. The van der Waals surface area contributed by atoms with Gasteiger partial charge in [0, 0.05) is 19.3 Å². The van der Waals surface area contributed by atoms with Crippen LogP contribution in [0.2, 0.25) is 0 Å². The van der Waals surface area contributed by atoms with Crippen molar-refractivity contribution in [3.63, 3.8) is 0 Å². The molecule has 0 saturated carbocycles. The summed E-state index contributed by atoms with van der Waals surface area (Å²) in [4.78, 5) is 38.2. The van der Waals surface area contributed by atoms with Crippen molar-refractivity contribution in [2.24, 2.45) is 0 Å². The molecule has 6 nitrogen and oxygen atoms in total. The SMILES string of the molecule is CC/C=C\C/C=C\C/C=C\C/C=C\C/C=C\C/C=C\CCCCCCCCCCCCCCCCC(=O)OCC(COC(=O)CCCCCCCCCCCC)OC(=O)CCCCCCCCCCCCCCCCCC. The Morgan fingerprint density at radius 2 is 0.506 bits per heavy atom. The van der Waals surface area contributed by atoms with Gasteiger partial charge >= 0.3 is 17.9 Å². The van der Waals surface area contributed by atoms with Crippen LogP contribution in [-0.4, -0.2) is 37.2 Å². The Morgan fingerprint density at radius 3 is 0.792 bits per heavy atom. The van der Waals surface area contributed by atoms with Gasteiger partial charge in [0.2, 0.25) is 0 Å². The molecule has 0 N–H and O–H groups in total. The molecule has 0 fully saturated rings. The highest BCUT2D eigenvalue weighted by Crippen LogP contribution is 2.18. The van der Waals surface area contributed by atoms with Gasteiger partial charge < -0.3 is 14.2 Å². The Hall–Kier alpha value is -3.15. The van der Waals surface area contributed by atoms with Gasteiger partial charge in [-0.25, -0.2) is 0 Å². The minimum atomic E-state index is -0.770. The van der Waals surface area contributed by atoms with Crippen LogP contribution in [0.3, 0.4) is 0 Å². The van der Waals surface area contributed by atoms with Crippen molar-refractivity contribution in [1.29, 1.82) is 0 Å². The van der Waals surface area contributed by atoms with E-state index >= 15 is 0 Å². The summed E-state index contributed by atoms with van der Waals surface area (Å²) in [6.07, 6.45) is 85.0. The molecule has 446 valence electrons. The number of esters is 3. The molecular formula is C71H126O6. The molecular weight excluding hydrogens is 949 g/mol. The Labute approximate surface area is 478 Å². The van der Waals surface area contributed by atoms with Gasteiger partial charge in [-0.2, -0.15) is 0 Å². The molecule has 0 aliphatic rings. The molecule has 0 saturated heterocycles. The third kappa shape index (κ3) is 63.6. The third-order valence-corrected chi connectivity index (χ3v) is 14.7. The first-order chi connectivity index (χ1) is 38.0. The fourth-order valence-corrected chi connectivity index (χ4v) is 9.74. The van der Waals surface area contributed by atoms with E-state index in [1.807, 2.05) is 0 Å². The molecule has 0 aromatic heterocycles. The Kier molecular flexibility index (Phi) is 62.7. The summed E-state index contributed by atoms with van der Waals surface area (Å²) >= 11 is 0. The summed E-state index contributed by atoms with van der Waals surface area (Å²) in [6, 6.07) is 0. The summed E-state index contributed by atoms with van der Waals surface area (Å²) in [5, 5.41) is 0. The van der Waals surface area contributed by atoms with Gasteiger partial charge in [0.05, 0.1) is 0 Å². The number of ether oxygens (including phenoxy) is 3. The summed E-state index contributed by atoms with van der Waals surface area (Å²) in [6.45, 7) is 6.56. The number of rotatable bonds is 61. The van der Waals surface area contributed by atoms with Crippen molar-refractivity contribution in [2.75, 3.05) is 13.2 Å². The average Bonchev–Trinajstić information content (AvgIpc) is 3.43. The molecule has 0 heterocycles. The molecule has 1 atom stereocenters. The van der Waals surface area contributed by atoms with Crippen LogP contribution in [0, 0.1) is 0 Å². The maximum Gasteiger partial charge on any atom is 0.306 e. The number of carbonyl (C=O) groups excluding carboxylic acids is 3. The standard InChI is InChI=1S/C71H126O6/c1-4-7-10-13-16-19-22-24-26-28-29-30-31-32-33-34-35-36-37-38-39-40-41-42-43-44-46-47-49-52-55-58-61-64-70(73)76-67-68(66-75-69(72)63-60-57-54-51-21-18-15-12-9-6-3)77-71(74)65-62-59-56-53-50-48-45-27-25-23-20-17-14-11-8-5-2/h7,10,16,19,24,26,29-30,32-33,35-36,68H,4-6,8-9,11-15,17-18,20-23,25,27-28,31,34,37-67H2,1-3H3/b10-7-,19-16-,26-24-,30-29-,33-32-,36-35-. The zero-order valence-electron chi connectivity index (χ0n) is 51.2. The van der Waals surface area contributed by atoms with E-state index in [9.17, 15) is 14.4 Å².